The number of hydrogen-bond acceptors (Lipinski definition) is 1. The first kappa shape index (κ1) is 37.8. The van der Waals surface area contributed by atoms with E-state index in [1.54, 1.807) is 0 Å². The van der Waals surface area contributed by atoms with E-state index in [-0.39, 0.29) is 0 Å². The molecule has 67 heavy (non-hydrogen) atoms. The van der Waals surface area contributed by atoms with Crippen LogP contribution in [0, 0.1) is 0 Å². The number of benzene rings is 11. The highest BCUT2D eigenvalue weighted by Crippen LogP contribution is 2.64. The Labute approximate surface area is 391 Å². The van der Waals surface area contributed by atoms with Crippen LogP contribution in [0.1, 0.15) is 44.5 Å². The van der Waals surface area contributed by atoms with Crippen LogP contribution in [-0.4, -0.2) is 0 Å². The molecule has 0 unspecified atom stereocenters. The first-order valence-electron chi connectivity index (χ1n) is 23.4. The summed E-state index contributed by atoms with van der Waals surface area (Å²) in [4.78, 5) is 2.49. The van der Waals surface area contributed by atoms with Gasteiger partial charge in [-0.1, -0.05) is 218 Å². The Morgan fingerprint density at radius 2 is 0.642 bits per heavy atom. The number of rotatable bonds is 6. The highest BCUT2D eigenvalue weighted by atomic mass is 15.1. The quantitative estimate of drug-likeness (QED) is 0.161. The number of hydrogen-bond donors (Lipinski definition) is 0. The number of para-hydroxylation sites is 1. The fraction of sp³-hybridized carbons (Fsp3) is 0.0303. The molecule has 312 valence electrons. The van der Waals surface area contributed by atoms with Crippen LogP contribution in [0.5, 0.6) is 0 Å². The molecule has 3 aliphatic rings. The lowest BCUT2D eigenvalue weighted by Gasteiger charge is -2.36. The normalized spacial score (nSPS) is 13.9. The van der Waals surface area contributed by atoms with E-state index in [4.69, 9.17) is 0 Å². The summed E-state index contributed by atoms with van der Waals surface area (Å²) in [6, 6.07) is 97.6. The minimum Gasteiger partial charge on any atom is -0.310 e. The van der Waals surface area contributed by atoms with Gasteiger partial charge in [-0.2, -0.15) is 0 Å². The Morgan fingerprint density at radius 1 is 0.239 bits per heavy atom. The number of fused-ring (bicyclic) bond motifs is 15. The van der Waals surface area contributed by atoms with Gasteiger partial charge in [-0.15, -0.1) is 0 Å². The lowest BCUT2D eigenvalue weighted by Crippen LogP contribution is -2.29. The molecule has 0 amide bonds. The predicted octanol–water partition coefficient (Wildman–Crippen LogP) is 16.7. The van der Waals surface area contributed by atoms with E-state index in [0.29, 0.717) is 0 Å². The standard InChI is InChI=1S/C66H43N/c1-5-21-44(22-6-1)57-43-58-55-40-38-48(41-62(55)65(45-23-7-2-8-24-45,46-25-9-3-10-26-46)64(58)56-33-14-13-29-50(56)57)67(47-27-11-4-12-28-47)49-37-39-54-53-32-17-20-36-61(53)66(63(54)42-49)59-34-18-15-30-51(59)52-31-16-19-35-60(52)66/h1-43H. The van der Waals surface area contributed by atoms with Crippen LogP contribution in [0.3, 0.4) is 0 Å². The second kappa shape index (κ2) is 14.5. The maximum atomic E-state index is 2.51. The van der Waals surface area contributed by atoms with Gasteiger partial charge in [0.05, 0.1) is 10.8 Å². The molecule has 0 radical (unpaired) electrons. The Balaban J connectivity index is 1.06. The molecule has 14 rings (SSSR count). The molecule has 11 aromatic rings. The van der Waals surface area contributed by atoms with Crippen LogP contribution in [-0.2, 0) is 10.8 Å². The van der Waals surface area contributed by atoms with Crippen LogP contribution in [0.25, 0.3) is 55.3 Å². The fourth-order valence-corrected chi connectivity index (χ4v) is 12.6. The highest BCUT2D eigenvalue weighted by Gasteiger charge is 2.52. The van der Waals surface area contributed by atoms with Crippen molar-refractivity contribution in [2.75, 3.05) is 4.90 Å². The summed E-state index contributed by atoms with van der Waals surface area (Å²) in [7, 11) is 0. The topological polar surface area (TPSA) is 3.24 Å². The molecule has 0 saturated carbocycles. The number of nitrogens with zero attached hydrogens (tertiary/aromatic N) is 1. The molecule has 3 aliphatic carbocycles. The zero-order valence-electron chi connectivity index (χ0n) is 36.8. The third kappa shape index (κ3) is 5.14. The van der Waals surface area contributed by atoms with Crippen LogP contribution >= 0.6 is 0 Å². The number of anilines is 3. The monoisotopic (exact) mass is 849 g/mol. The molecule has 1 spiro atoms. The summed E-state index contributed by atoms with van der Waals surface area (Å²) in [6.45, 7) is 0. The lowest BCUT2D eigenvalue weighted by atomic mass is 9.66. The van der Waals surface area contributed by atoms with E-state index in [1.807, 2.05) is 0 Å². The Bertz CT molecular complexity index is 3640. The maximum absolute atomic E-state index is 2.51. The van der Waals surface area contributed by atoms with Gasteiger partial charge in [-0.25, -0.2) is 0 Å². The first-order chi connectivity index (χ1) is 33.3. The van der Waals surface area contributed by atoms with Crippen molar-refractivity contribution in [3.05, 3.63) is 305 Å². The minimum atomic E-state index is -0.624. The van der Waals surface area contributed by atoms with Crippen LogP contribution < -0.4 is 4.90 Å². The van der Waals surface area contributed by atoms with Crippen LogP contribution in [0.2, 0.25) is 0 Å². The molecule has 0 saturated heterocycles. The molecule has 0 bridgehead atoms. The summed E-state index contributed by atoms with van der Waals surface area (Å²) in [5.74, 6) is 0. The van der Waals surface area contributed by atoms with E-state index in [9.17, 15) is 0 Å². The summed E-state index contributed by atoms with van der Waals surface area (Å²) in [6.07, 6.45) is 0. The molecule has 0 aliphatic heterocycles. The Hall–Kier alpha value is -8.52. The van der Waals surface area contributed by atoms with Gasteiger partial charge in [-0.05, 0) is 142 Å². The molecule has 1 nitrogen and oxygen atoms in total. The van der Waals surface area contributed by atoms with Crippen molar-refractivity contribution in [3.8, 4) is 44.5 Å². The van der Waals surface area contributed by atoms with Gasteiger partial charge >= 0.3 is 0 Å². The van der Waals surface area contributed by atoms with Gasteiger partial charge < -0.3 is 4.90 Å². The van der Waals surface area contributed by atoms with Crippen molar-refractivity contribution in [1.82, 2.24) is 0 Å². The SMILES string of the molecule is c1ccc(-c2cc3c(c4ccccc24)C(c2ccccc2)(c2ccccc2)c2cc(N(c4ccccc4)c4ccc5c(c4)C4(c6ccccc6-c6ccccc64)c4ccccc4-5)ccc2-3)cc1. The molecule has 0 fully saturated rings. The molecular weight excluding hydrogens is 807 g/mol. The molecule has 1 heteroatoms. The minimum absolute atomic E-state index is 0.454. The van der Waals surface area contributed by atoms with Crippen molar-refractivity contribution in [3.63, 3.8) is 0 Å². The summed E-state index contributed by atoms with van der Waals surface area (Å²) in [5.41, 5.74) is 22.9. The lowest BCUT2D eigenvalue weighted by molar-refractivity contribution is 0.775. The maximum Gasteiger partial charge on any atom is 0.0726 e. The second-order valence-corrected chi connectivity index (χ2v) is 18.3. The zero-order valence-corrected chi connectivity index (χ0v) is 36.8. The van der Waals surface area contributed by atoms with Crippen molar-refractivity contribution in [2.45, 2.75) is 10.8 Å². The van der Waals surface area contributed by atoms with Crippen molar-refractivity contribution < 1.29 is 0 Å². The predicted molar refractivity (Wildman–Crippen MR) is 278 cm³/mol. The molecule has 11 aromatic carbocycles. The van der Waals surface area contributed by atoms with Gasteiger partial charge in [0.15, 0.2) is 0 Å². The van der Waals surface area contributed by atoms with E-state index in [1.165, 1.54) is 99.8 Å². The molecule has 0 atom stereocenters. The van der Waals surface area contributed by atoms with Gasteiger partial charge in [0.1, 0.15) is 0 Å². The van der Waals surface area contributed by atoms with Crippen molar-refractivity contribution in [1.29, 1.82) is 0 Å². The van der Waals surface area contributed by atoms with Crippen LogP contribution in [0.4, 0.5) is 17.1 Å². The van der Waals surface area contributed by atoms with E-state index in [2.05, 4.69) is 266 Å². The van der Waals surface area contributed by atoms with Crippen LogP contribution in [0.15, 0.2) is 261 Å². The average Bonchev–Trinajstić information content (AvgIpc) is 3.99. The van der Waals surface area contributed by atoms with Crippen molar-refractivity contribution >= 4 is 27.8 Å². The molecule has 0 aromatic heterocycles. The highest BCUT2D eigenvalue weighted by molar-refractivity contribution is 6.08. The third-order valence-corrected chi connectivity index (χ3v) is 15.1. The molecular formula is C66H43N. The summed E-state index contributed by atoms with van der Waals surface area (Å²) in [5, 5.41) is 2.52. The average molecular weight is 850 g/mol. The van der Waals surface area contributed by atoms with E-state index < -0.39 is 10.8 Å². The summed E-state index contributed by atoms with van der Waals surface area (Å²) >= 11 is 0. The first-order valence-corrected chi connectivity index (χ1v) is 23.4. The van der Waals surface area contributed by atoms with Gasteiger partial charge in [0, 0.05) is 17.1 Å². The fourth-order valence-electron chi connectivity index (χ4n) is 12.6. The third-order valence-electron chi connectivity index (χ3n) is 15.1. The van der Waals surface area contributed by atoms with Gasteiger partial charge in [0.25, 0.3) is 0 Å². The van der Waals surface area contributed by atoms with Gasteiger partial charge in [-0.3, -0.25) is 0 Å². The van der Waals surface area contributed by atoms with E-state index in [0.717, 1.165) is 17.1 Å². The van der Waals surface area contributed by atoms with Crippen molar-refractivity contribution in [2.24, 2.45) is 0 Å². The molecule has 0 heterocycles. The molecule has 0 N–H and O–H groups in total. The smallest absolute Gasteiger partial charge is 0.0726 e. The van der Waals surface area contributed by atoms with Gasteiger partial charge in [0.2, 0.25) is 0 Å². The second-order valence-electron chi connectivity index (χ2n) is 18.3. The Morgan fingerprint density at radius 3 is 1.18 bits per heavy atom. The Kier molecular flexibility index (Phi) is 8.18. The zero-order chi connectivity index (χ0) is 44.1. The largest absolute Gasteiger partial charge is 0.310 e. The summed E-state index contributed by atoms with van der Waals surface area (Å²) < 4.78 is 0. The van der Waals surface area contributed by atoms with E-state index >= 15 is 0 Å².